The zero-order valence-corrected chi connectivity index (χ0v) is 14.1. The largest absolute Gasteiger partial charge is 0.492 e. The number of aliphatic hydroxyl groups is 1. The van der Waals surface area contributed by atoms with Gasteiger partial charge >= 0.3 is 0 Å². The highest BCUT2D eigenvalue weighted by molar-refractivity contribution is 5.31. The lowest BCUT2D eigenvalue weighted by Crippen LogP contribution is -2.28. The topological polar surface area (TPSA) is 55.5 Å². The molecule has 0 radical (unpaired) electrons. The van der Waals surface area contributed by atoms with E-state index < -0.39 is 0 Å². The molecule has 0 aliphatic heterocycles. The van der Waals surface area contributed by atoms with Crippen molar-refractivity contribution < 1.29 is 9.84 Å². The summed E-state index contributed by atoms with van der Waals surface area (Å²) >= 11 is 0. The van der Waals surface area contributed by atoms with Crippen LogP contribution in [0.25, 0.3) is 0 Å². The van der Waals surface area contributed by atoms with E-state index in [1.165, 1.54) is 5.56 Å². The van der Waals surface area contributed by atoms with E-state index in [9.17, 15) is 0 Å². The average molecular weight is 293 g/mol. The molecule has 0 aromatic heterocycles. The van der Waals surface area contributed by atoms with E-state index in [0.717, 1.165) is 12.2 Å². The van der Waals surface area contributed by atoms with Gasteiger partial charge in [0.05, 0.1) is 0 Å². The predicted molar refractivity (Wildman–Crippen MR) is 88.7 cm³/mol. The van der Waals surface area contributed by atoms with Gasteiger partial charge in [-0.2, -0.15) is 0 Å². The van der Waals surface area contributed by atoms with Gasteiger partial charge in [0, 0.05) is 12.6 Å². The van der Waals surface area contributed by atoms with Gasteiger partial charge in [-0.3, -0.25) is 0 Å². The molecule has 3 heteroatoms. The number of ether oxygens (including phenoxy) is 1. The summed E-state index contributed by atoms with van der Waals surface area (Å²) in [4.78, 5) is 0. The van der Waals surface area contributed by atoms with Crippen LogP contribution < -0.4 is 10.5 Å². The van der Waals surface area contributed by atoms with E-state index >= 15 is 0 Å². The van der Waals surface area contributed by atoms with Gasteiger partial charge in [0.2, 0.25) is 0 Å². The second-order valence-electron chi connectivity index (χ2n) is 7.73. The second kappa shape index (κ2) is 7.28. The summed E-state index contributed by atoms with van der Waals surface area (Å²) in [5.41, 5.74) is 7.58. The van der Waals surface area contributed by atoms with E-state index in [-0.39, 0.29) is 18.1 Å². The Labute approximate surface area is 129 Å². The normalized spacial score (nSPS) is 14.0. The van der Waals surface area contributed by atoms with Crippen LogP contribution in [0.15, 0.2) is 24.3 Å². The van der Waals surface area contributed by atoms with E-state index in [1.807, 2.05) is 12.1 Å². The van der Waals surface area contributed by atoms with Gasteiger partial charge in [-0.25, -0.2) is 0 Å². The lowest BCUT2D eigenvalue weighted by molar-refractivity contribution is 0.233. The number of benzene rings is 1. The minimum Gasteiger partial charge on any atom is -0.492 e. The van der Waals surface area contributed by atoms with E-state index in [0.29, 0.717) is 18.4 Å². The summed E-state index contributed by atoms with van der Waals surface area (Å²) in [5, 5.41) is 8.82. The first kappa shape index (κ1) is 18.0. The maximum atomic E-state index is 8.82. The molecular formula is C18H31NO2. The van der Waals surface area contributed by atoms with Gasteiger partial charge in [0.25, 0.3) is 0 Å². The second-order valence-corrected chi connectivity index (χ2v) is 7.73. The Morgan fingerprint density at radius 1 is 1.10 bits per heavy atom. The fourth-order valence-corrected chi connectivity index (χ4v) is 2.88. The fourth-order valence-electron chi connectivity index (χ4n) is 2.88. The molecule has 0 bridgehead atoms. The quantitative estimate of drug-likeness (QED) is 0.809. The molecule has 21 heavy (non-hydrogen) atoms. The van der Waals surface area contributed by atoms with Crippen LogP contribution in [0.5, 0.6) is 5.75 Å². The van der Waals surface area contributed by atoms with Crippen LogP contribution in [-0.4, -0.2) is 24.4 Å². The zero-order valence-electron chi connectivity index (χ0n) is 14.1. The van der Waals surface area contributed by atoms with Gasteiger partial charge < -0.3 is 15.6 Å². The van der Waals surface area contributed by atoms with Crippen molar-refractivity contribution in [2.24, 2.45) is 11.1 Å². The molecule has 1 unspecified atom stereocenters. The Balaban J connectivity index is 2.65. The minimum absolute atomic E-state index is 0.102. The molecule has 0 aliphatic carbocycles. The van der Waals surface area contributed by atoms with Crippen molar-refractivity contribution in [1.29, 1.82) is 0 Å². The van der Waals surface area contributed by atoms with Gasteiger partial charge in [0.1, 0.15) is 12.4 Å². The number of nitrogens with two attached hydrogens (primary N) is 1. The van der Waals surface area contributed by atoms with Crippen LogP contribution in [0.3, 0.4) is 0 Å². The van der Waals surface area contributed by atoms with Gasteiger partial charge in [0.15, 0.2) is 0 Å². The van der Waals surface area contributed by atoms with Crippen molar-refractivity contribution in [3.63, 3.8) is 0 Å². The lowest BCUT2D eigenvalue weighted by Gasteiger charge is -2.33. The van der Waals surface area contributed by atoms with Crippen LogP contribution in [0, 0.1) is 5.41 Å². The molecule has 0 saturated heterocycles. The number of rotatable bonds is 7. The Kier molecular flexibility index (Phi) is 6.24. The third-order valence-corrected chi connectivity index (χ3v) is 3.57. The van der Waals surface area contributed by atoms with Crippen molar-refractivity contribution in [3.8, 4) is 5.75 Å². The summed E-state index contributed by atoms with van der Waals surface area (Å²) < 4.78 is 5.65. The van der Waals surface area contributed by atoms with Crippen molar-refractivity contribution in [2.45, 2.75) is 58.9 Å². The highest BCUT2D eigenvalue weighted by atomic mass is 16.5. The van der Waals surface area contributed by atoms with Gasteiger partial charge in [-0.05, 0) is 41.4 Å². The molecule has 0 aliphatic rings. The number of hydrogen-bond acceptors (Lipinski definition) is 3. The van der Waals surface area contributed by atoms with Crippen LogP contribution >= 0.6 is 0 Å². The monoisotopic (exact) mass is 293 g/mol. The molecule has 120 valence electrons. The van der Waals surface area contributed by atoms with E-state index in [1.54, 1.807) is 0 Å². The van der Waals surface area contributed by atoms with Crippen LogP contribution in [-0.2, 0) is 5.41 Å². The Bertz CT molecular complexity index is 418. The van der Waals surface area contributed by atoms with Crippen LogP contribution in [0.4, 0.5) is 0 Å². The molecule has 0 spiro atoms. The first-order valence-electron chi connectivity index (χ1n) is 7.74. The Morgan fingerprint density at radius 2 is 1.67 bits per heavy atom. The van der Waals surface area contributed by atoms with Crippen molar-refractivity contribution in [1.82, 2.24) is 0 Å². The summed E-state index contributed by atoms with van der Waals surface area (Å²) in [6.07, 6.45) is 1.69. The average Bonchev–Trinajstić information content (AvgIpc) is 2.34. The van der Waals surface area contributed by atoms with Crippen molar-refractivity contribution in [2.75, 3.05) is 13.2 Å². The molecule has 1 aromatic carbocycles. The maximum absolute atomic E-state index is 8.82. The third-order valence-electron chi connectivity index (χ3n) is 3.57. The molecular weight excluding hydrogens is 262 g/mol. The van der Waals surface area contributed by atoms with Crippen LogP contribution in [0.2, 0.25) is 0 Å². The summed E-state index contributed by atoms with van der Waals surface area (Å²) in [7, 11) is 0. The summed E-state index contributed by atoms with van der Waals surface area (Å²) in [6, 6.07) is 8.17. The predicted octanol–water partition coefficient (Wildman–Crippen LogP) is 3.49. The first-order chi connectivity index (χ1) is 9.64. The minimum atomic E-state index is -0.119. The van der Waals surface area contributed by atoms with Crippen molar-refractivity contribution in [3.05, 3.63) is 29.8 Å². The SMILES string of the molecule is CC(C)(C)CC(C)(C)c1ccc(OCC(N)CCO)cc1. The first-order valence-corrected chi connectivity index (χ1v) is 7.74. The summed E-state index contributed by atoms with van der Waals surface area (Å²) in [6.45, 7) is 11.9. The molecule has 0 saturated carbocycles. The van der Waals surface area contributed by atoms with Gasteiger partial charge in [-0.1, -0.05) is 46.8 Å². The molecule has 3 N–H and O–H groups in total. The molecule has 3 nitrogen and oxygen atoms in total. The highest BCUT2D eigenvalue weighted by Gasteiger charge is 2.27. The molecule has 1 aromatic rings. The molecule has 1 atom stereocenters. The molecule has 0 heterocycles. The van der Waals surface area contributed by atoms with Crippen LogP contribution in [0.1, 0.15) is 53.0 Å². The van der Waals surface area contributed by atoms with Gasteiger partial charge in [-0.15, -0.1) is 0 Å². The zero-order chi connectivity index (χ0) is 16.1. The Hall–Kier alpha value is -1.06. The number of aliphatic hydroxyl groups excluding tert-OH is 1. The molecule has 0 amide bonds. The fraction of sp³-hybridized carbons (Fsp3) is 0.667. The highest BCUT2D eigenvalue weighted by Crippen LogP contribution is 2.36. The smallest absolute Gasteiger partial charge is 0.119 e. The standard InChI is InChI=1S/C18H31NO2/c1-17(2,3)13-18(4,5)14-6-8-16(9-7-14)21-12-15(19)10-11-20/h6-9,15,20H,10-13,19H2,1-5H3. The molecule has 0 fully saturated rings. The maximum Gasteiger partial charge on any atom is 0.119 e. The summed E-state index contributed by atoms with van der Waals surface area (Å²) in [5.74, 6) is 0.832. The number of hydrogen-bond donors (Lipinski definition) is 2. The molecule has 1 rings (SSSR count). The van der Waals surface area contributed by atoms with E-state index in [2.05, 4.69) is 46.8 Å². The third kappa shape index (κ3) is 6.49. The van der Waals surface area contributed by atoms with Crippen molar-refractivity contribution >= 4 is 0 Å². The van der Waals surface area contributed by atoms with E-state index in [4.69, 9.17) is 15.6 Å². The Morgan fingerprint density at radius 3 is 2.14 bits per heavy atom. The lowest BCUT2D eigenvalue weighted by atomic mass is 9.72.